The van der Waals surface area contributed by atoms with Crippen LogP contribution in [0.25, 0.3) is 0 Å². The predicted molar refractivity (Wildman–Crippen MR) is 69.9 cm³/mol. The smallest absolute Gasteiger partial charge is 0.308 e. The van der Waals surface area contributed by atoms with Gasteiger partial charge in [-0.15, -0.1) is 0 Å². The normalized spacial score (nSPS) is 19.8. The maximum atomic E-state index is 11.7. The zero-order valence-corrected chi connectivity index (χ0v) is 11.9. The number of carboxylic acids is 1. The van der Waals surface area contributed by atoms with Crippen LogP contribution >= 0.6 is 31.9 Å². The van der Waals surface area contributed by atoms with Crippen molar-refractivity contribution in [2.45, 2.75) is 6.42 Å². The second kappa shape index (κ2) is 4.78. The summed E-state index contributed by atoms with van der Waals surface area (Å²) < 4.78 is 1.68. The molecule has 0 radical (unpaired) electrons. The van der Waals surface area contributed by atoms with Gasteiger partial charge in [-0.1, -0.05) is 31.9 Å². The van der Waals surface area contributed by atoms with Gasteiger partial charge in [-0.25, -0.2) is 0 Å². The topological polar surface area (TPSA) is 57.6 Å². The summed E-state index contributed by atoms with van der Waals surface area (Å²) in [5.74, 6) is -1.68. The highest BCUT2D eigenvalue weighted by Gasteiger charge is 2.35. The van der Waals surface area contributed by atoms with Gasteiger partial charge >= 0.3 is 5.97 Å². The van der Waals surface area contributed by atoms with Crippen LogP contribution in [0.5, 0.6) is 0 Å². The molecule has 1 aliphatic heterocycles. The number of aliphatic carboxylic acids is 1. The molecule has 1 heterocycles. The largest absolute Gasteiger partial charge is 0.481 e. The molecule has 1 N–H and O–H groups in total. The van der Waals surface area contributed by atoms with E-state index in [2.05, 4.69) is 31.9 Å². The van der Waals surface area contributed by atoms with Crippen molar-refractivity contribution in [3.63, 3.8) is 0 Å². The molecule has 90 valence electrons. The summed E-state index contributed by atoms with van der Waals surface area (Å²) in [5.41, 5.74) is 0.708. The summed E-state index contributed by atoms with van der Waals surface area (Å²) >= 11 is 6.68. The van der Waals surface area contributed by atoms with E-state index < -0.39 is 11.9 Å². The van der Waals surface area contributed by atoms with Crippen molar-refractivity contribution in [3.05, 3.63) is 27.1 Å². The van der Waals surface area contributed by atoms with Crippen molar-refractivity contribution >= 4 is 49.4 Å². The first kappa shape index (κ1) is 12.6. The molecule has 1 amide bonds. The van der Waals surface area contributed by atoms with Gasteiger partial charge in [0.15, 0.2) is 0 Å². The first-order valence-electron chi connectivity index (χ1n) is 4.96. The third kappa shape index (κ3) is 2.69. The summed E-state index contributed by atoms with van der Waals surface area (Å²) in [6, 6.07) is 5.46. The van der Waals surface area contributed by atoms with Crippen molar-refractivity contribution in [2.24, 2.45) is 5.92 Å². The third-order valence-electron chi connectivity index (χ3n) is 2.63. The van der Waals surface area contributed by atoms with Crippen molar-refractivity contribution in [3.8, 4) is 0 Å². The Bertz CT molecular complexity index is 469. The molecule has 1 fully saturated rings. The summed E-state index contributed by atoms with van der Waals surface area (Å²) in [7, 11) is 0. The standard InChI is InChI=1S/C11H9Br2NO3/c12-7-2-8(13)4-9(3-7)14-5-6(11(16)17)1-10(14)15/h2-4,6H,1,5H2,(H,16,17). The number of carboxylic acid groups (broad SMARTS) is 1. The summed E-state index contributed by atoms with van der Waals surface area (Å²) in [6.45, 7) is 0.233. The quantitative estimate of drug-likeness (QED) is 0.879. The minimum Gasteiger partial charge on any atom is -0.481 e. The summed E-state index contributed by atoms with van der Waals surface area (Å²) in [5, 5.41) is 8.91. The molecule has 1 atom stereocenters. The molecule has 1 aromatic rings. The molecule has 4 nitrogen and oxygen atoms in total. The molecule has 0 aliphatic carbocycles. The van der Waals surface area contributed by atoms with E-state index in [0.717, 1.165) is 8.95 Å². The molecule has 0 spiro atoms. The highest BCUT2D eigenvalue weighted by atomic mass is 79.9. The molecule has 6 heteroatoms. The third-order valence-corrected chi connectivity index (χ3v) is 3.55. The Balaban J connectivity index is 2.28. The molecule has 1 unspecified atom stereocenters. The molecule has 17 heavy (non-hydrogen) atoms. The number of anilines is 1. The molecule has 1 saturated heterocycles. The van der Waals surface area contributed by atoms with Crippen LogP contribution in [0, 0.1) is 5.92 Å². The maximum absolute atomic E-state index is 11.7. The number of hydrogen-bond donors (Lipinski definition) is 1. The number of halogens is 2. The van der Waals surface area contributed by atoms with Crippen LogP contribution in [0.2, 0.25) is 0 Å². The maximum Gasteiger partial charge on any atom is 0.308 e. The van der Waals surface area contributed by atoms with Crippen LogP contribution in [-0.2, 0) is 9.59 Å². The Morgan fingerprint density at radius 2 is 1.88 bits per heavy atom. The number of carbonyl (C=O) groups excluding carboxylic acids is 1. The van der Waals surface area contributed by atoms with Gasteiger partial charge in [-0.05, 0) is 18.2 Å². The van der Waals surface area contributed by atoms with Gasteiger partial charge in [0.05, 0.1) is 5.92 Å². The molecule has 0 saturated carbocycles. The fourth-order valence-electron chi connectivity index (χ4n) is 1.82. The molecule has 2 rings (SSSR count). The number of nitrogens with zero attached hydrogens (tertiary/aromatic N) is 1. The van der Waals surface area contributed by atoms with E-state index in [0.29, 0.717) is 5.69 Å². The van der Waals surface area contributed by atoms with Crippen LogP contribution < -0.4 is 4.90 Å². The molecule has 0 bridgehead atoms. The van der Waals surface area contributed by atoms with E-state index in [4.69, 9.17) is 5.11 Å². The number of hydrogen-bond acceptors (Lipinski definition) is 2. The van der Waals surface area contributed by atoms with Crippen LogP contribution in [0.3, 0.4) is 0 Å². The van der Waals surface area contributed by atoms with Gasteiger partial charge in [0.1, 0.15) is 0 Å². The number of amides is 1. The van der Waals surface area contributed by atoms with Crippen molar-refractivity contribution < 1.29 is 14.7 Å². The van der Waals surface area contributed by atoms with Gasteiger partial charge in [-0.3, -0.25) is 9.59 Å². The fourth-order valence-corrected chi connectivity index (χ4v) is 3.09. The van der Waals surface area contributed by atoms with Crippen molar-refractivity contribution in [1.82, 2.24) is 0 Å². The van der Waals surface area contributed by atoms with E-state index >= 15 is 0 Å². The SMILES string of the molecule is O=C(O)C1CC(=O)N(c2cc(Br)cc(Br)c2)C1. The van der Waals surface area contributed by atoms with Crippen molar-refractivity contribution in [2.75, 3.05) is 11.4 Å². The monoisotopic (exact) mass is 361 g/mol. The Morgan fingerprint density at radius 3 is 2.35 bits per heavy atom. The van der Waals surface area contributed by atoms with Crippen LogP contribution in [0.4, 0.5) is 5.69 Å². The zero-order valence-electron chi connectivity index (χ0n) is 8.69. The summed E-state index contributed by atoms with van der Waals surface area (Å²) in [6.07, 6.45) is 0.0689. The predicted octanol–water partition coefficient (Wildman–Crippen LogP) is 2.65. The summed E-state index contributed by atoms with van der Waals surface area (Å²) in [4.78, 5) is 24.1. The average molecular weight is 363 g/mol. The number of benzene rings is 1. The Morgan fingerprint density at radius 1 is 1.29 bits per heavy atom. The van der Waals surface area contributed by atoms with Gasteiger partial charge in [-0.2, -0.15) is 0 Å². The zero-order chi connectivity index (χ0) is 12.6. The van der Waals surface area contributed by atoms with Gasteiger partial charge in [0.25, 0.3) is 0 Å². The molecule has 1 aromatic carbocycles. The van der Waals surface area contributed by atoms with E-state index in [1.807, 2.05) is 6.07 Å². The lowest BCUT2D eigenvalue weighted by Gasteiger charge is -2.16. The first-order valence-corrected chi connectivity index (χ1v) is 6.55. The highest BCUT2D eigenvalue weighted by molar-refractivity contribution is 9.11. The van der Waals surface area contributed by atoms with Gasteiger partial charge < -0.3 is 10.0 Å². The Hall–Kier alpha value is -0.880. The van der Waals surface area contributed by atoms with Crippen LogP contribution in [0.1, 0.15) is 6.42 Å². The fraction of sp³-hybridized carbons (Fsp3) is 0.273. The lowest BCUT2D eigenvalue weighted by Crippen LogP contribution is -2.25. The molecule has 1 aliphatic rings. The highest BCUT2D eigenvalue weighted by Crippen LogP contribution is 2.30. The van der Waals surface area contributed by atoms with Crippen LogP contribution in [-0.4, -0.2) is 23.5 Å². The number of carbonyl (C=O) groups is 2. The lowest BCUT2D eigenvalue weighted by atomic mass is 10.1. The second-order valence-corrected chi connectivity index (χ2v) is 5.70. The Labute approximate surface area is 115 Å². The average Bonchev–Trinajstić information content (AvgIpc) is 2.59. The number of rotatable bonds is 2. The Kier molecular flexibility index (Phi) is 3.53. The van der Waals surface area contributed by atoms with Crippen molar-refractivity contribution in [1.29, 1.82) is 0 Å². The molecular formula is C11H9Br2NO3. The van der Waals surface area contributed by atoms with Crippen LogP contribution in [0.15, 0.2) is 27.1 Å². The van der Waals surface area contributed by atoms with E-state index in [1.165, 1.54) is 4.90 Å². The lowest BCUT2D eigenvalue weighted by molar-refractivity contribution is -0.141. The van der Waals surface area contributed by atoms with E-state index in [-0.39, 0.29) is 18.9 Å². The van der Waals surface area contributed by atoms with E-state index in [1.54, 1.807) is 12.1 Å². The molecule has 0 aromatic heterocycles. The second-order valence-electron chi connectivity index (χ2n) is 3.87. The first-order chi connectivity index (χ1) is 7.97. The van der Waals surface area contributed by atoms with Gasteiger partial charge in [0, 0.05) is 27.6 Å². The van der Waals surface area contributed by atoms with E-state index in [9.17, 15) is 9.59 Å². The minimum atomic E-state index is -0.921. The minimum absolute atomic E-state index is 0.0689. The molecular weight excluding hydrogens is 354 g/mol. The van der Waals surface area contributed by atoms with Gasteiger partial charge in [0.2, 0.25) is 5.91 Å².